The van der Waals surface area contributed by atoms with Crippen LogP contribution in [0.15, 0.2) is 35.7 Å². The zero-order valence-electron chi connectivity index (χ0n) is 11.9. The van der Waals surface area contributed by atoms with E-state index in [0.29, 0.717) is 22.3 Å². The average molecular weight is 358 g/mol. The van der Waals surface area contributed by atoms with Crippen LogP contribution >= 0.6 is 34.5 Å². The number of hydrogen-bond acceptors (Lipinski definition) is 3. The largest absolute Gasteiger partial charge is 0.481 e. The van der Waals surface area contributed by atoms with Gasteiger partial charge in [0.05, 0.1) is 5.02 Å². The molecule has 2 aromatic rings. The number of hydrogen-bond donors (Lipinski definition) is 2. The van der Waals surface area contributed by atoms with Crippen LogP contribution in [-0.4, -0.2) is 17.1 Å². The SMILES string of the molecule is O=C(O)CCC(Cc1ccccc1)NCc1csc(Cl)c1Cl. The van der Waals surface area contributed by atoms with Gasteiger partial charge in [-0.3, -0.25) is 4.79 Å². The number of thiophene rings is 1. The van der Waals surface area contributed by atoms with Crippen LogP contribution in [0, 0.1) is 0 Å². The monoisotopic (exact) mass is 357 g/mol. The second-order valence-electron chi connectivity index (χ2n) is 5.05. The fraction of sp³-hybridized carbons (Fsp3) is 0.312. The van der Waals surface area contributed by atoms with Crippen LogP contribution in [0.1, 0.15) is 24.0 Å². The van der Waals surface area contributed by atoms with Gasteiger partial charge in [0.1, 0.15) is 4.34 Å². The highest BCUT2D eigenvalue weighted by Crippen LogP contribution is 2.32. The van der Waals surface area contributed by atoms with Crippen LogP contribution in [0.25, 0.3) is 0 Å². The van der Waals surface area contributed by atoms with Gasteiger partial charge in [-0.15, -0.1) is 11.3 Å². The predicted octanol–water partition coefficient (Wildman–Crippen LogP) is 4.62. The molecule has 0 saturated heterocycles. The highest BCUT2D eigenvalue weighted by atomic mass is 35.5. The van der Waals surface area contributed by atoms with Crippen LogP contribution in [0.2, 0.25) is 9.36 Å². The first-order valence-electron chi connectivity index (χ1n) is 6.96. The van der Waals surface area contributed by atoms with E-state index in [1.54, 1.807) is 0 Å². The second-order valence-corrected chi connectivity index (χ2v) is 6.91. The summed E-state index contributed by atoms with van der Waals surface area (Å²) < 4.78 is 0.587. The van der Waals surface area contributed by atoms with E-state index in [-0.39, 0.29) is 12.5 Å². The van der Waals surface area contributed by atoms with Crippen molar-refractivity contribution in [2.75, 3.05) is 0 Å². The van der Waals surface area contributed by atoms with Crippen molar-refractivity contribution in [3.8, 4) is 0 Å². The molecular weight excluding hydrogens is 341 g/mol. The molecule has 1 heterocycles. The Morgan fingerprint density at radius 2 is 2.00 bits per heavy atom. The molecule has 0 aliphatic carbocycles. The summed E-state index contributed by atoms with van der Waals surface area (Å²) in [6.07, 6.45) is 1.49. The molecule has 2 N–H and O–H groups in total. The van der Waals surface area contributed by atoms with Crippen molar-refractivity contribution in [1.82, 2.24) is 5.32 Å². The van der Waals surface area contributed by atoms with E-state index in [9.17, 15) is 4.79 Å². The van der Waals surface area contributed by atoms with Crippen LogP contribution in [0.3, 0.4) is 0 Å². The highest BCUT2D eigenvalue weighted by molar-refractivity contribution is 7.15. The van der Waals surface area contributed by atoms with E-state index >= 15 is 0 Å². The predicted molar refractivity (Wildman–Crippen MR) is 92.0 cm³/mol. The lowest BCUT2D eigenvalue weighted by molar-refractivity contribution is -0.137. The van der Waals surface area contributed by atoms with Gasteiger partial charge in [0.15, 0.2) is 0 Å². The Morgan fingerprint density at radius 1 is 1.27 bits per heavy atom. The first-order chi connectivity index (χ1) is 10.6. The fourth-order valence-corrected chi connectivity index (χ4v) is 3.45. The van der Waals surface area contributed by atoms with Crippen LogP contribution in [-0.2, 0) is 17.8 Å². The third-order valence-electron chi connectivity index (χ3n) is 3.37. The third kappa shape index (κ3) is 5.29. The molecule has 0 bridgehead atoms. The number of rotatable bonds is 8. The zero-order chi connectivity index (χ0) is 15.9. The first kappa shape index (κ1) is 17.3. The molecule has 22 heavy (non-hydrogen) atoms. The molecule has 0 fully saturated rings. The van der Waals surface area contributed by atoms with Gasteiger partial charge in [-0.2, -0.15) is 0 Å². The molecule has 118 valence electrons. The quantitative estimate of drug-likeness (QED) is 0.724. The van der Waals surface area contributed by atoms with Gasteiger partial charge in [0, 0.05) is 19.0 Å². The van der Waals surface area contributed by atoms with Crippen molar-refractivity contribution in [2.24, 2.45) is 0 Å². The fourth-order valence-electron chi connectivity index (χ4n) is 2.20. The topological polar surface area (TPSA) is 49.3 Å². The minimum absolute atomic E-state index is 0.0771. The van der Waals surface area contributed by atoms with Crippen molar-refractivity contribution < 1.29 is 9.90 Å². The van der Waals surface area contributed by atoms with Gasteiger partial charge in [-0.25, -0.2) is 0 Å². The molecule has 0 saturated carbocycles. The van der Waals surface area contributed by atoms with Crippen molar-refractivity contribution in [3.63, 3.8) is 0 Å². The number of aliphatic carboxylic acids is 1. The van der Waals surface area contributed by atoms with Crippen molar-refractivity contribution in [2.45, 2.75) is 31.8 Å². The summed E-state index contributed by atoms with van der Waals surface area (Å²) in [4.78, 5) is 10.8. The van der Waals surface area contributed by atoms with Gasteiger partial charge in [0.2, 0.25) is 0 Å². The minimum Gasteiger partial charge on any atom is -0.481 e. The number of benzene rings is 1. The van der Waals surface area contributed by atoms with Crippen molar-refractivity contribution in [3.05, 3.63) is 56.2 Å². The first-order valence-corrected chi connectivity index (χ1v) is 8.60. The number of carboxylic acids is 1. The third-order valence-corrected chi connectivity index (χ3v) is 5.28. The molecule has 1 aromatic heterocycles. The molecule has 1 aromatic carbocycles. The van der Waals surface area contributed by atoms with Crippen LogP contribution < -0.4 is 5.32 Å². The van der Waals surface area contributed by atoms with Gasteiger partial charge in [-0.1, -0.05) is 53.5 Å². The highest BCUT2D eigenvalue weighted by Gasteiger charge is 2.14. The van der Waals surface area contributed by atoms with Gasteiger partial charge in [0.25, 0.3) is 0 Å². The lowest BCUT2D eigenvalue weighted by Gasteiger charge is -2.18. The van der Waals surface area contributed by atoms with Crippen LogP contribution in [0.4, 0.5) is 0 Å². The summed E-state index contributed by atoms with van der Waals surface area (Å²) in [6, 6.07) is 10.1. The molecule has 0 aliphatic heterocycles. The second kappa shape index (κ2) is 8.53. The Bertz CT molecular complexity index is 616. The summed E-state index contributed by atoms with van der Waals surface area (Å²) in [5, 5.41) is 14.8. The van der Waals surface area contributed by atoms with E-state index < -0.39 is 5.97 Å². The molecule has 0 radical (unpaired) electrons. The smallest absolute Gasteiger partial charge is 0.303 e. The summed E-state index contributed by atoms with van der Waals surface area (Å²) >= 11 is 13.5. The zero-order valence-corrected chi connectivity index (χ0v) is 14.2. The van der Waals surface area contributed by atoms with Crippen molar-refractivity contribution in [1.29, 1.82) is 0 Å². The van der Waals surface area contributed by atoms with E-state index in [4.69, 9.17) is 28.3 Å². The average Bonchev–Trinajstić information content (AvgIpc) is 2.82. The summed E-state index contributed by atoms with van der Waals surface area (Å²) in [6.45, 7) is 0.583. The summed E-state index contributed by atoms with van der Waals surface area (Å²) in [5.74, 6) is -0.781. The maximum atomic E-state index is 10.8. The van der Waals surface area contributed by atoms with Gasteiger partial charge >= 0.3 is 5.97 Å². The van der Waals surface area contributed by atoms with Crippen LogP contribution in [0.5, 0.6) is 0 Å². The molecular formula is C16H17Cl2NO2S. The Kier molecular flexibility index (Phi) is 6.70. The maximum Gasteiger partial charge on any atom is 0.303 e. The molecule has 0 amide bonds. The summed E-state index contributed by atoms with van der Waals surface area (Å²) in [5.41, 5.74) is 2.13. The Hall–Kier alpha value is -1.07. The lowest BCUT2D eigenvalue weighted by Crippen LogP contribution is -2.31. The molecule has 3 nitrogen and oxygen atoms in total. The maximum absolute atomic E-state index is 10.8. The van der Waals surface area contributed by atoms with E-state index in [1.165, 1.54) is 16.9 Å². The number of nitrogens with one attached hydrogen (secondary N) is 1. The normalized spacial score (nSPS) is 12.3. The molecule has 6 heteroatoms. The van der Waals surface area contributed by atoms with Gasteiger partial charge in [-0.05, 0) is 29.3 Å². The van der Waals surface area contributed by atoms with Crippen molar-refractivity contribution >= 4 is 40.5 Å². The summed E-state index contributed by atoms with van der Waals surface area (Å²) in [7, 11) is 0. The minimum atomic E-state index is -0.781. The standard InChI is InChI=1S/C16H17Cl2NO2S/c17-15-12(10-22-16(15)18)9-19-13(6-7-14(20)21)8-11-4-2-1-3-5-11/h1-5,10,13,19H,6-9H2,(H,20,21). The Labute approximate surface area is 143 Å². The molecule has 0 aliphatic rings. The van der Waals surface area contributed by atoms with Gasteiger partial charge < -0.3 is 10.4 Å². The number of halogens is 2. The van der Waals surface area contributed by atoms with E-state index in [0.717, 1.165) is 12.0 Å². The number of carbonyl (C=O) groups is 1. The molecule has 1 atom stereocenters. The number of carboxylic acid groups (broad SMARTS) is 1. The Morgan fingerprint density at radius 3 is 2.59 bits per heavy atom. The Balaban J connectivity index is 1.97. The molecule has 1 unspecified atom stereocenters. The molecule has 2 rings (SSSR count). The van der Waals surface area contributed by atoms with E-state index in [1.807, 2.05) is 35.7 Å². The molecule has 0 spiro atoms. The lowest BCUT2D eigenvalue weighted by atomic mass is 10.0. The van der Waals surface area contributed by atoms with E-state index in [2.05, 4.69) is 5.32 Å².